The molecule has 0 saturated heterocycles. The molecule has 7 heteroatoms. The van der Waals surface area contributed by atoms with Gasteiger partial charge in [-0.2, -0.15) is 15.1 Å². The van der Waals surface area contributed by atoms with Gasteiger partial charge in [0.1, 0.15) is 11.6 Å². The van der Waals surface area contributed by atoms with E-state index in [-0.39, 0.29) is 5.95 Å². The Balaban J connectivity index is 2.18. The average Bonchev–Trinajstić information content (AvgIpc) is 2.73. The highest BCUT2D eigenvalue weighted by molar-refractivity contribution is 5.52. The van der Waals surface area contributed by atoms with Crippen molar-refractivity contribution in [2.24, 2.45) is 0 Å². The molecule has 0 fully saturated rings. The fraction of sp³-hybridized carbons (Fsp3) is 0.462. The van der Waals surface area contributed by atoms with Crippen molar-refractivity contribution in [1.29, 1.82) is 0 Å². The molecule has 0 aromatic carbocycles. The van der Waals surface area contributed by atoms with Crippen molar-refractivity contribution >= 4 is 17.6 Å². The van der Waals surface area contributed by atoms with Crippen LogP contribution in [-0.4, -0.2) is 33.3 Å². The van der Waals surface area contributed by atoms with E-state index in [9.17, 15) is 0 Å². The number of H-pyrrole nitrogens is 1. The first kappa shape index (κ1) is 14.1. The summed E-state index contributed by atoms with van der Waals surface area (Å²) in [4.78, 5) is 10.5. The number of anilines is 3. The fourth-order valence-corrected chi connectivity index (χ4v) is 1.89. The second kappa shape index (κ2) is 5.77. The van der Waals surface area contributed by atoms with E-state index in [4.69, 9.17) is 5.73 Å². The SMILES string of the molecule is Cc1[nH]ncc1CN(C)c1cc(NC(C)C)nc(N)n1. The molecule has 0 amide bonds. The quantitative estimate of drug-likeness (QED) is 0.766. The summed E-state index contributed by atoms with van der Waals surface area (Å²) in [6, 6.07) is 2.18. The van der Waals surface area contributed by atoms with Crippen LogP contribution in [0.25, 0.3) is 0 Å². The van der Waals surface area contributed by atoms with Crippen LogP contribution >= 0.6 is 0 Å². The zero-order valence-electron chi connectivity index (χ0n) is 12.3. The summed E-state index contributed by atoms with van der Waals surface area (Å²) in [5, 5.41) is 10.2. The summed E-state index contributed by atoms with van der Waals surface area (Å²) in [6.45, 7) is 6.81. The molecule has 0 unspecified atom stereocenters. The van der Waals surface area contributed by atoms with Crippen LogP contribution in [0.1, 0.15) is 25.1 Å². The summed E-state index contributed by atoms with van der Waals surface area (Å²) in [5.74, 6) is 1.78. The summed E-state index contributed by atoms with van der Waals surface area (Å²) >= 11 is 0. The van der Waals surface area contributed by atoms with Gasteiger partial charge in [0.05, 0.1) is 6.20 Å². The van der Waals surface area contributed by atoms with E-state index >= 15 is 0 Å². The topological polar surface area (TPSA) is 95.8 Å². The summed E-state index contributed by atoms with van der Waals surface area (Å²) in [7, 11) is 1.97. The second-order valence-electron chi connectivity index (χ2n) is 5.14. The Labute approximate surface area is 118 Å². The molecule has 0 atom stereocenters. The molecule has 0 aliphatic rings. The van der Waals surface area contributed by atoms with Crippen molar-refractivity contribution in [3.63, 3.8) is 0 Å². The predicted molar refractivity (Wildman–Crippen MR) is 80.6 cm³/mol. The number of rotatable bonds is 5. The van der Waals surface area contributed by atoms with Gasteiger partial charge >= 0.3 is 0 Å². The zero-order valence-corrected chi connectivity index (χ0v) is 12.3. The third-order valence-electron chi connectivity index (χ3n) is 2.90. The molecule has 2 aromatic heterocycles. The first-order chi connectivity index (χ1) is 9.45. The van der Waals surface area contributed by atoms with Crippen molar-refractivity contribution in [1.82, 2.24) is 20.2 Å². The molecular formula is C13H21N7. The molecule has 7 nitrogen and oxygen atoms in total. The molecule has 0 saturated carbocycles. The van der Waals surface area contributed by atoms with Crippen LogP contribution in [0.5, 0.6) is 0 Å². The number of nitrogens with two attached hydrogens (primary N) is 1. The highest BCUT2D eigenvalue weighted by atomic mass is 15.2. The fourth-order valence-electron chi connectivity index (χ4n) is 1.89. The maximum absolute atomic E-state index is 5.77. The molecule has 0 radical (unpaired) electrons. The van der Waals surface area contributed by atoms with Crippen molar-refractivity contribution in [3.8, 4) is 0 Å². The number of nitrogen functional groups attached to an aromatic ring is 1. The zero-order chi connectivity index (χ0) is 14.7. The van der Waals surface area contributed by atoms with E-state index in [0.29, 0.717) is 12.6 Å². The summed E-state index contributed by atoms with van der Waals surface area (Å²) in [5.41, 5.74) is 7.95. The third kappa shape index (κ3) is 3.37. The van der Waals surface area contributed by atoms with E-state index in [1.54, 1.807) is 0 Å². The number of hydrogen-bond donors (Lipinski definition) is 3. The number of aryl methyl sites for hydroxylation is 1. The maximum atomic E-state index is 5.77. The van der Waals surface area contributed by atoms with Crippen molar-refractivity contribution < 1.29 is 0 Å². The van der Waals surface area contributed by atoms with Gasteiger partial charge in [0.25, 0.3) is 0 Å². The first-order valence-corrected chi connectivity index (χ1v) is 6.56. The van der Waals surface area contributed by atoms with Gasteiger partial charge in [-0.25, -0.2) is 0 Å². The number of nitrogens with one attached hydrogen (secondary N) is 2. The minimum Gasteiger partial charge on any atom is -0.368 e. The van der Waals surface area contributed by atoms with Gasteiger partial charge in [0.15, 0.2) is 0 Å². The van der Waals surface area contributed by atoms with Gasteiger partial charge in [-0.1, -0.05) is 0 Å². The van der Waals surface area contributed by atoms with Gasteiger partial charge in [0, 0.05) is 37.0 Å². The Morgan fingerprint density at radius 2 is 2.15 bits per heavy atom. The van der Waals surface area contributed by atoms with E-state index in [0.717, 1.165) is 22.9 Å². The lowest BCUT2D eigenvalue weighted by Gasteiger charge is -2.19. The Hall–Kier alpha value is -2.31. The second-order valence-corrected chi connectivity index (χ2v) is 5.14. The molecule has 20 heavy (non-hydrogen) atoms. The van der Waals surface area contributed by atoms with Gasteiger partial charge in [-0.3, -0.25) is 5.10 Å². The largest absolute Gasteiger partial charge is 0.368 e. The number of nitrogens with zero attached hydrogens (tertiary/aromatic N) is 4. The number of aromatic amines is 1. The smallest absolute Gasteiger partial charge is 0.223 e. The lowest BCUT2D eigenvalue weighted by molar-refractivity contribution is 0.869. The Morgan fingerprint density at radius 3 is 2.75 bits per heavy atom. The van der Waals surface area contributed by atoms with Gasteiger partial charge in [0.2, 0.25) is 5.95 Å². The van der Waals surface area contributed by atoms with Gasteiger partial charge < -0.3 is 16.0 Å². The molecule has 108 valence electrons. The van der Waals surface area contributed by atoms with Crippen molar-refractivity contribution in [2.75, 3.05) is 23.0 Å². The van der Waals surface area contributed by atoms with Crippen LogP contribution in [-0.2, 0) is 6.54 Å². The molecule has 0 aliphatic carbocycles. The first-order valence-electron chi connectivity index (χ1n) is 6.56. The third-order valence-corrected chi connectivity index (χ3v) is 2.90. The normalized spacial score (nSPS) is 10.8. The standard InChI is InChI=1S/C13H21N7/c1-8(2)16-11-5-12(18-13(14)17-11)20(4)7-10-6-15-19-9(10)3/h5-6,8H,7H2,1-4H3,(H,15,19)(H3,14,16,17,18). The van der Waals surface area contributed by atoms with Crippen LogP contribution in [0.2, 0.25) is 0 Å². The molecule has 2 rings (SSSR count). The lowest BCUT2D eigenvalue weighted by atomic mass is 10.2. The maximum Gasteiger partial charge on any atom is 0.223 e. The lowest BCUT2D eigenvalue weighted by Crippen LogP contribution is -2.20. The summed E-state index contributed by atoms with van der Waals surface area (Å²) in [6.07, 6.45) is 1.82. The molecule has 2 aromatic rings. The van der Waals surface area contributed by atoms with Crippen molar-refractivity contribution in [3.05, 3.63) is 23.5 Å². The molecule has 0 spiro atoms. The van der Waals surface area contributed by atoms with E-state index in [1.165, 1.54) is 0 Å². The van der Waals surface area contributed by atoms with Gasteiger partial charge in [-0.05, 0) is 20.8 Å². The Bertz CT molecular complexity index is 576. The highest BCUT2D eigenvalue weighted by Crippen LogP contribution is 2.19. The van der Waals surface area contributed by atoms with Crippen LogP contribution in [0.15, 0.2) is 12.3 Å². The van der Waals surface area contributed by atoms with Crippen LogP contribution in [0.3, 0.4) is 0 Å². The minimum atomic E-state index is 0.265. The monoisotopic (exact) mass is 275 g/mol. The van der Waals surface area contributed by atoms with Crippen LogP contribution < -0.4 is 16.0 Å². The van der Waals surface area contributed by atoms with E-state index in [1.807, 2.05) is 31.1 Å². The molecule has 2 heterocycles. The van der Waals surface area contributed by atoms with E-state index < -0.39 is 0 Å². The Kier molecular flexibility index (Phi) is 4.07. The highest BCUT2D eigenvalue weighted by Gasteiger charge is 2.10. The number of aromatic nitrogens is 4. The number of hydrogen-bond acceptors (Lipinski definition) is 6. The van der Waals surface area contributed by atoms with Gasteiger partial charge in [-0.15, -0.1) is 0 Å². The average molecular weight is 275 g/mol. The van der Waals surface area contributed by atoms with Crippen LogP contribution in [0.4, 0.5) is 17.6 Å². The minimum absolute atomic E-state index is 0.265. The van der Waals surface area contributed by atoms with Crippen molar-refractivity contribution in [2.45, 2.75) is 33.4 Å². The van der Waals surface area contributed by atoms with Crippen LogP contribution in [0, 0.1) is 6.92 Å². The molecule has 0 bridgehead atoms. The molecule has 0 aliphatic heterocycles. The Morgan fingerprint density at radius 1 is 1.40 bits per heavy atom. The van der Waals surface area contributed by atoms with E-state index in [2.05, 4.69) is 39.3 Å². The predicted octanol–water partition coefficient (Wildman–Crippen LogP) is 1.55. The molecule has 4 N–H and O–H groups in total. The molecular weight excluding hydrogens is 254 g/mol. The summed E-state index contributed by atoms with van der Waals surface area (Å²) < 4.78 is 0.